The van der Waals surface area contributed by atoms with Crippen LogP contribution < -0.4 is 15.3 Å². The molecule has 0 saturated carbocycles. The van der Waals surface area contributed by atoms with E-state index in [0.29, 0.717) is 16.8 Å². The molecule has 0 atom stereocenters. The number of aromatic amines is 1. The molecule has 1 heterocycles. The summed E-state index contributed by atoms with van der Waals surface area (Å²) in [5, 5.41) is 3.75. The molecule has 8 nitrogen and oxygen atoms in total. The van der Waals surface area contributed by atoms with E-state index in [2.05, 4.69) is 30.8 Å². The van der Waals surface area contributed by atoms with Gasteiger partial charge in [0, 0.05) is 6.07 Å². The van der Waals surface area contributed by atoms with Crippen molar-refractivity contribution in [3.63, 3.8) is 0 Å². The Bertz CT molecular complexity index is 1120. The smallest absolute Gasteiger partial charge is 0.417 e. The SMILES string of the molecule is COc1ccc(/C=N/NS(=O)(=O)c2ccc3[nH]c(=O)oc3c2)cc1Br. The van der Waals surface area contributed by atoms with Crippen molar-refractivity contribution in [1.82, 2.24) is 9.82 Å². The van der Waals surface area contributed by atoms with Crippen molar-refractivity contribution >= 4 is 43.3 Å². The average Bonchev–Trinajstić information content (AvgIpc) is 2.94. The zero-order valence-electron chi connectivity index (χ0n) is 12.8. The maximum atomic E-state index is 12.3. The second-order valence-corrected chi connectivity index (χ2v) is 7.43. The number of H-pyrrole nitrogens is 1. The number of halogens is 1. The number of hydrogen-bond acceptors (Lipinski definition) is 6. The Kier molecular flexibility index (Phi) is 4.64. The molecule has 0 spiro atoms. The Morgan fingerprint density at radius 3 is 2.80 bits per heavy atom. The molecular weight excluding hydrogens is 414 g/mol. The third-order valence-electron chi connectivity index (χ3n) is 3.27. The molecule has 25 heavy (non-hydrogen) atoms. The Balaban J connectivity index is 1.80. The molecule has 2 N–H and O–H groups in total. The largest absolute Gasteiger partial charge is 0.496 e. The van der Waals surface area contributed by atoms with E-state index in [4.69, 9.17) is 9.15 Å². The predicted molar refractivity (Wildman–Crippen MR) is 95.4 cm³/mol. The molecule has 0 saturated heterocycles. The summed E-state index contributed by atoms with van der Waals surface area (Å²) in [6.07, 6.45) is 1.36. The highest BCUT2D eigenvalue weighted by molar-refractivity contribution is 9.10. The van der Waals surface area contributed by atoms with Gasteiger partial charge in [0.1, 0.15) is 5.75 Å². The maximum absolute atomic E-state index is 12.3. The molecular formula is C15H12BrN3O5S. The number of hydrogen-bond donors (Lipinski definition) is 2. The fourth-order valence-corrected chi connectivity index (χ4v) is 3.44. The van der Waals surface area contributed by atoms with Crippen LogP contribution in [0.1, 0.15) is 5.56 Å². The van der Waals surface area contributed by atoms with Crippen LogP contribution in [0.3, 0.4) is 0 Å². The van der Waals surface area contributed by atoms with Crippen LogP contribution in [0.4, 0.5) is 0 Å². The molecule has 3 aromatic rings. The van der Waals surface area contributed by atoms with Crippen LogP contribution in [0.25, 0.3) is 11.1 Å². The van der Waals surface area contributed by atoms with Crippen molar-refractivity contribution in [2.75, 3.05) is 7.11 Å². The minimum absolute atomic E-state index is 0.0733. The summed E-state index contributed by atoms with van der Waals surface area (Å²) in [7, 11) is -2.35. The number of oxazole rings is 1. The van der Waals surface area contributed by atoms with E-state index in [1.807, 2.05) is 0 Å². The van der Waals surface area contributed by atoms with E-state index in [0.717, 1.165) is 4.47 Å². The lowest BCUT2D eigenvalue weighted by molar-refractivity contribution is 0.412. The van der Waals surface area contributed by atoms with E-state index < -0.39 is 15.8 Å². The first-order valence-corrected chi connectivity index (χ1v) is 9.18. The average molecular weight is 426 g/mol. The highest BCUT2D eigenvalue weighted by Crippen LogP contribution is 2.24. The Morgan fingerprint density at radius 2 is 2.08 bits per heavy atom. The van der Waals surface area contributed by atoms with Gasteiger partial charge in [-0.1, -0.05) is 0 Å². The first kappa shape index (κ1) is 17.2. The van der Waals surface area contributed by atoms with Gasteiger partial charge in [0.05, 0.1) is 28.2 Å². The summed E-state index contributed by atoms with van der Waals surface area (Å²) < 4.78 is 35.2. The van der Waals surface area contributed by atoms with Crippen LogP contribution in [0.15, 0.2) is 60.1 Å². The molecule has 10 heteroatoms. The molecule has 0 aliphatic carbocycles. The number of nitrogens with one attached hydrogen (secondary N) is 2. The zero-order valence-corrected chi connectivity index (χ0v) is 15.2. The summed E-state index contributed by atoms with van der Waals surface area (Å²) in [5.41, 5.74) is 1.23. The topological polar surface area (TPSA) is 114 Å². The van der Waals surface area contributed by atoms with Gasteiger partial charge in [-0.05, 0) is 51.8 Å². The molecule has 0 bridgehead atoms. The number of ether oxygens (including phenoxy) is 1. The minimum Gasteiger partial charge on any atom is -0.496 e. The van der Waals surface area contributed by atoms with Gasteiger partial charge in [-0.2, -0.15) is 13.5 Å². The van der Waals surface area contributed by atoms with Gasteiger partial charge in [-0.25, -0.2) is 9.63 Å². The predicted octanol–water partition coefficient (Wildman–Crippen LogP) is 2.20. The van der Waals surface area contributed by atoms with Crippen molar-refractivity contribution in [1.29, 1.82) is 0 Å². The second kappa shape index (κ2) is 6.73. The lowest BCUT2D eigenvalue weighted by Crippen LogP contribution is -2.18. The molecule has 0 fully saturated rings. The molecule has 1 aromatic heterocycles. The fourth-order valence-electron chi connectivity index (χ4n) is 2.08. The number of fused-ring (bicyclic) bond motifs is 1. The summed E-state index contributed by atoms with van der Waals surface area (Å²) in [5.74, 6) is -0.000334. The quantitative estimate of drug-likeness (QED) is 0.480. The molecule has 0 unspecified atom stereocenters. The third kappa shape index (κ3) is 3.74. The van der Waals surface area contributed by atoms with Crippen LogP contribution in [-0.2, 0) is 10.0 Å². The Morgan fingerprint density at radius 1 is 1.28 bits per heavy atom. The van der Waals surface area contributed by atoms with Gasteiger partial charge < -0.3 is 9.15 Å². The van der Waals surface area contributed by atoms with Gasteiger partial charge >= 0.3 is 5.76 Å². The number of rotatable bonds is 5. The van der Waals surface area contributed by atoms with Gasteiger partial charge in [0.25, 0.3) is 10.0 Å². The molecule has 0 aliphatic rings. The highest BCUT2D eigenvalue weighted by atomic mass is 79.9. The van der Waals surface area contributed by atoms with Crippen LogP contribution in [0.5, 0.6) is 5.75 Å². The van der Waals surface area contributed by atoms with Gasteiger partial charge in [0.2, 0.25) is 0 Å². The van der Waals surface area contributed by atoms with E-state index in [1.54, 1.807) is 25.3 Å². The minimum atomic E-state index is -3.90. The number of aromatic nitrogens is 1. The number of methoxy groups -OCH3 is 1. The van der Waals surface area contributed by atoms with E-state index in [1.165, 1.54) is 24.4 Å². The van der Waals surface area contributed by atoms with Crippen LogP contribution >= 0.6 is 15.9 Å². The lowest BCUT2D eigenvalue weighted by atomic mass is 10.2. The highest BCUT2D eigenvalue weighted by Gasteiger charge is 2.15. The van der Waals surface area contributed by atoms with Crippen molar-refractivity contribution in [2.45, 2.75) is 4.90 Å². The molecule has 0 radical (unpaired) electrons. The number of hydrazone groups is 1. The van der Waals surface area contributed by atoms with E-state index in [9.17, 15) is 13.2 Å². The third-order valence-corrected chi connectivity index (χ3v) is 5.11. The van der Waals surface area contributed by atoms with Crippen molar-refractivity contribution in [3.05, 3.63) is 57.0 Å². The van der Waals surface area contributed by atoms with E-state index >= 15 is 0 Å². The maximum Gasteiger partial charge on any atom is 0.417 e. The van der Waals surface area contributed by atoms with Gasteiger partial charge in [-0.3, -0.25) is 4.98 Å². The second-order valence-electron chi connectivity index (χ2n) is 4.92. The fraction of sp³-hybridized carbons (Fsp3) is 0.0667. The summed E-state index contributed by atoms with van der Waals surface area (Å²) >= 11 is 3.34. The standard InChI is InChI=1S/C15H12BrN3O5S/c1-23-13-5-2-9(6-11(13)16)8-17-19-25(21,22)10-3-4-12-14(7-10)24-15(20)18-12/h2-8,19H,1H3,(H,18,20)/b17-8+. The van der Waals surface area contributed by atoms with Crippen molar-refractivity contribution < 1.29 is 17.6 Å². The molecule has 2 aromatic carbocycles. The number of sulfonamides is 1. The molecule has 0 amide bonds. The molecule has 0 aliphatic heterocycles. The van der Waals surface area contributed by atoms with E-state index in [-0.39, 0.29) is 10.5 Å². The molecule has 130 valence electrons. The van der Waals surface area contributed by atoms with Gasteiger partial charge in [-0.15, -0.1) is 0 Å². The number of benzene rings is 2. The zero-order chi connectivity index (χ0) is 18.0. The summed E-state index contributed by atoms with van der Waals surface area (Å²) in [6.45, 7) is 0. The number of nitrogens with zero attached hydrogens (tertiary/aromatic N) is 1. The monoisotopic (exact) mass is 425 g/mol. The molecule has 3 rings (SSSR count). The lowest BCUT2D eigenvalue weighted by Gasteiger charge is -2.04. The Labute approximate surface area is 150 Å². The van der Waals surface area contributed by atoms with Crippen LogP contribution in [0, 0.1) is 0 Å². The normalized spacial score (nSPS) is 11.9. The van der Waals surface area contributed by atoms with Crippen LogP contribution in [-0.4, -0.2) is 26.7 Å². The summed E-state index contributed by atoms with van der Waals surface area (Å²) in [6, 6.07) is 9.21. The van der Waals surface area contributed by atoms with Crippen LogP contribution in [0.2, 0.25) is 0 Å². The van der Waals surface area contributed by atoms with Gasteiger partial charge in [0.15, 0.2) is 5.58 Å². The summed E-state index contributed by atoms with van der Waals surface area (Å²) in [4.78, 5) is 15.6. The first-order valence-electron chi connectivity index (χ1n) is 6.90. The van der Waals surface area contributed by atoms with Crippen molar-refractivity contribution in [3.8, 4) is 5.75 Å². The van der Waals surface area contributed by atoms with Crippen molar-refractivity contribution in [2.24, 2.45) is 5.10 Å². The first-order chi connectivity index (χ1) is 11.9. The Hall–Kier alpha value is -2.59.